The van der Waals surface area contributed by atoms with E-state index >= 15 is 0 Å². The molecule has 19 heavy (non-hydrogen) atoms. The predicted molar refractivity (Wildman–Crippen MR) is 72.9 cm³/mol. The maximum Gasteiger partial charge on any atom is 0.168 e. The molecule has 1 aromatic carbocycles. The van der Waals surface area contributed by atoms with Crippen molar-refractivity contribution >= 4 is 17.2 Å². The minimum absolute atomic E-state index is 0.563. The average Bonchev–Trinajstić information content (AvgIpc) is 2.84. The summed E-state index contributed by atoms with van der Waals surface area (Å²) in [6, 6.07) is 11.2. The van der Waals surface area contributed by atoms with Crippen molar-refractivity contribution in [1.29, 1.82) is 5.26 Å². The molecule has 2 aromatic heterocycles. The van der Waals surface area contributed by atoms with Crippen molar-refractivity contribution in [2.75, 3.05) is 0 Å². The zero-order chi connectivity index (χ0) is 13.4. The Hall–Kier alpha value is -2.38. The molecule has 0 saturated heterocycles. The lowest BCUT2D eigenvalue weighted by atomic mass is 10.1. The quantitative estimate of drug-likeness (QED) is 0.681. The largest absolute Gasteiger partial charge is 0.281 e. The molecule has 3 aromatic rings. The molecule has 0 aliphatic heterocycles. The van der Waals surface area contributed by atoms with Crippen LogP contribution in [-0.2, 0) is 0 Å². The Labute approximate surface area is 114 Å². The van der Waals surface area contributed by atoms with Crippen LogP contribution >= 0.6 is 11.6 Å². The third kappa shape index (κ3) is 1.94. The van der Waals surface area contributed by atoms with Crippen LogP contribution in [0, 0.1) is 18.3 Å². The van der Waals surface area contributed by atoms with E-state index in [-0.39, 0.29) is 0 Å². The lowest BCUT2D eigenvalue weighted by Gasteiger charge is -2.04. The minimum Gasteiger partial charge on any atom is -0.281 e. The molecule has 2 heterocycles. The van der Waals surface area contributed by atoms with Gasteiger partial charge in [0.2, 0.25) is 0 Å². The third-order valence-corrected chi connectivity index (χ3v) is 3.21. The van der Waals surface area contributed by atoms with Crippen LogP contribution in [0.4, 0.5) is 0 Å². The Kier molecular flexibility index (Phi) is 2.69. The van der Waals surface area contributed by atoms with Gasteiger partial charge < -0.3 is 0 Å². The van der Waals surface area contributed by atoms with E-state index in [1.165, 1.54) is 0 Å². The van der Waals surface area contributed by atoms with E-state index in [0.717, 1.165) is 11.1 Å². The number of nitriles is 1. The van der Waals surface area contributed by atoms with Gasteiger partial charge in [-0.3, -0.25) is 4.40 Å². The molecule has 0 unspecified atom stereocenters. The average molecular weight is 269 g/mol. The highest BCUT2D eigenvalue weighted by Crippen LogP contribution is 2.25. The second kappa shape index (κ2) is 4.38. The van der Waals surface area contributed by atoms with Crippen molar-refractivity contribution in [2.45, 2.75) is 6.92 Å². The highest BCUT2D eigenvalue weighted by atomic mass is 35.5. The summed E-state index contributed by atoms with van der Waals surface area (Å²) in [4.78, 5) is 0. The number of nitrogens with zero attached hydrogens (tertiary/aromatic N) is 4. The molecule has 0 amide bonds. The van der Waals surface area contributed by atoms with Crippen molar-refractivity contribution in [3.63, 3.8) is 0 Å². The summed E-state index contributed by atoms with van der Waals surface area (Å²) in [7, 11) is 0. The number of hydrogen-bond acceptors (Lipinski definition) is 3. The first-order valence-corrected chi connectivity index (χ1v) is 6.08. The van der Waals surface area contributed by atoms with Gasteiger partial charge in [0.1, 0.15) is 6.07 Å². The van der Waals surface area contributed by atoms with E-state index in [1.54, 1.807) is 22.7 Å². The number of aryl methyl sites for hydroxylation is 1. The normalized spacial score (nSPS) is 10.6. The molecule has 4 nitrogen and oxygen atoms in total. The van der Waals surface area contributed by atoms with Crippen molar-refractivity contribution < 1.29 is 0 Å². The SMILES string of the molecule is Cc1ccc(Cl)cc1-c1nnc2ccc(C#N)cn12. The summed E-state index contributed by atoms with van der Waals surface area (Å²) in [6.07, 6.45) is 1.73. The summed E-state index contributed by atoms with van der Waals surface area (Å²) >= 11 is 6.03. The van der Waals surface area contributed by atoms with Gasteiger partial charge in [0.25, 0.3) is 0 Å². The zero-order valence-corrected chi connectivity index (χ0v) is 10.9. The van der Waals surface area contributed by atoms with Crippen LogP contribution in [0.1, 0.15) is 11.1 Å². The number of halogens is 1. The van der Waals surface area contributed by atoms with Crippen LogP contribution in [0.5, 0.6) is 0 Å². The lowest BCUT2D eigenvalue weighted by Crippen LogP contribution is -1.92. The van der Waals surface area contributed by atoms with Crippen LogP contribution in [0.25, 0.3) is 17.0 Å². The van der Waals surface area contributed by atoms with E-state index in [2.05, 4.69) is 16.3 Å². The van der Waals surface area contributed by atoms with Gasteiger partial charge in [-0.05, 0) is 36.8 Å². The fraction of sp³-hybridized carbons (Fsp3) is 0.0714. The Morgan fingerprint density at radius 3 is 2.84 bits per heavy atom. The molecule has 0 fully saturated rings. The second-order valence-corrected chi connectivity index (χ2v) is 4.68. The Balaban J connectivity index is 2.31. The van der Waals surface area contributed by atoms with Gasteiger partial charge in [-0.2, -0.15) is 5.26 Å². The summed E-state index contributed by atoms with van der Waals surface area (Å²) in [5.74, 6) is 0.687. The van der Waals surface area contributed by atoms with Gasteiger partial charge in [-0.15, -0.1) is 10.2 Å². The van der Waals surface area contributed by atoms with Gasteiger partial charge in [-0.1, -0.05) is 17.7 Å². The first-order valence-electron chi connectivity index (χ1n) is 5.70. The number of rotatable bonds is 1. The van der Waals surface area contributed by atoms with Crippen molar-refractivity contribution in [3.05, 3.63) is 52.7 Å². The molecule has 0 radical (unpaired) electrons. The lowest BCUT2D eigenvalue weighted by molar-refractivity contribution is 1.11. The Bertz CT molecular complexity index is 814. The first-order chi connectivity index (χ1) is 9.19. The number of hydrogen-bond donors (Lipinski definition) is 0. The Morgan fingerprint density at radius 1 is 1.21 bits per heavy atom. The maximum absolute atomic E-state index is 8.97. The molecule has 0 saturated carbocycles. The molecule has 0 spiro atoms. The summed E-state index contributed by atoms with van der Waals surface area (Å²) < 4.78 is 1.80. The highest BCUT2D eigenvalue weighted by molar-refractivity contribution is 6.30. The molecule has 0 atom stereocenters. The fourth-order valence-electron chi connectivity index (χ4n) is 1.98. The molecule has 3 rings (SSSR count). The second-order valence-electron chi connectivity index (χ2n) is 4.24. The van der Waals surface area contributed by atoms with Crippen LogP contribution in [-0.4, -0.2) is 14.6 Å². The van der Waals surface area contributed by atoms with Crippen LogP contribution < -0.4 is 0 Å². The number of pyridine rings is 1. The predicted octanol–water partition coefficient (Wildman–Crippen LogP) is 3.23. The van der Waals surface area contributed by atoms with Crippen LogP contribution in [0.2, 0.25) is 5.02 Å². The highest BCUT2D eigenvalue weighted by Gasteiger charge is 2.11. The summed E-state index contributed by atoms with van der Waals surface area (Å²) in [5, 5.41) is 17.9. The number of fused-ring (bicyclic) bond motifs is 1. The number of benzene rings is 1. The monoisotopic (exact) mass is 268 g/mol. The molecule has 0 aliphatic carbocycles. The molecule has 92 valence electrons. The third-order valence-electron chi connectivity index (χ3n) is 2.97. The van der Waals surface area contributed by atoms with Gasteiger partial charge in [0.15, 0.2) is 11.5 Å². The Morgan fingerprint density at radius 2 is 2.05 bits per heavy atom. The number of aromatic nitrogens is 3. The fourth-order valence-corrected chi connectivity index (χ4v) is 2.15. The van der Waals surface area contributed by atoms with Gasteiger partial charge in [0, 0.05) is 16.8 Å². The van der Waals surface area contributed by atoms with E-state index in [4.69, 9.17) is 16.9 Å². The zero-order valence-electron chi connectivity index (χ0n) is 10.1. The molecular weight excluding hydrogens is 260 g/mol. The van der Waals surface area contributed by atoms with Gasteiger partial charge in [-0.25, -0.2) is 0 Å². The maximum atomic E-state index is 8.97. The summed E-state index contributed by atoms with van der Waals surface area (Å²) in [6.45, 7) is 1.99. The van der Waals surface area contributed by atoms with Gasteiger partial charge in [0.05, 0.1) is 5.56 Å². The first kappa shape index (κ1) is 11.7. The van der Waals surface area contributed by atoms with Crippen molar-refractivity contribution in [1.82, 2.24) is 14.6 Å². The van der Waals surface area contributed by atoms with E-state index in [0.29, 0.717) is 22.1 Å². The molecule has 5 heteroatoms. The standard InChI is InChI=1S/C14H9ClN4/c1-9-2-4-11(15)6-12(9)14-18-17-13-5-3-10(7-16)8-19(13)14/h2-6,8H,1H3. The van der Waals surface area contributed by atoms with Crippen molar-refractivity contribution in [3.8, 4) is 17.5 Å². The molecule has 0 aliphatic rings. The molecule has 0 N–H and O–H groups in total. The van der Waals surface area contributed by atoms with E-state index in [9.17, 15) is 0 Å². The van der Waals surface area contributed by atoms with E-state index < -0.39 is 0 Å². The van der Waals surface area contributed by atoms with Gasteiger partial charge >= 0.3 is 0 Å². The van der Waals surface area contributed by atoms with E-state index in [1.807, 2.05) is 25.1 Å². The topological polar surface area (TPSA) is 54.0 Å². The minimum atomic E-state index is 0.563. The summed E-state index contributed by atoms with van der Waals surface area (Å²) in [5.41, 5.74) is 3.23. The molecule has 0 bridgehead atoms. The van der Waals surface area contributed by atoms with Crippen LogP contribution in [0.15, 0.2) is 36.5 Å². The van der Waals surface area contributed by atoms with Crippen LogP contribution in [0.3, 0.4) is 0 Å². The van der Waals surface area contributed by atoms with Crippen molar-refractivity contribution in [2.24, 2.45) is 0 Å². The smallest absolute Gasteiger partial charge is 0.168 e. The molecular formula is C14H9ClN4.